The van der Waals surface area contributed by atoms with E-state index in [9.17, 15) is 0 Å². The maximum Gasteiger partial charge on any atom is 0.128 e. The van der Waals surface area contributed by atoms with Crippen molar-refractivity contribution in [3.63, 3.8) is 0 Å². The van der Waals surface area contributed by atoms with E-state index in [1.54, 1.807) is 0 Å². The predicted molar refractivity (Wildman–Crippen MR) is 304 cm³/mol. The van der Waals surface area contributed by atoms with Gasteiger partial charge in [0.15, 0.2) is 0 Å². The van der Waals surface area contributed by atoms with E-state index in [1.165, 1.54) is 75.8 Å². The molecule has 334 valence electrons. The standard InChI is InChI=1S/C70H42O2/c1-3-17-53(18-4-1)71-55-39-49(57-33-29-47-27-25-43-13-11-15-45-31-35-63(57)69(47)65(43)45)37-51(41-55)67-59-21-7-9-23-61(59)68(62-24-10-8-22-60(62)67)52-38-50(40-56(42-52)72-54-19-5-2-6-20-54)58-34-30-48-28-26-44-14-12-16-46-32-36-64(58)70(48)66(44)46/h1-42H. The molecule has 0 spiro atoms. The molecule has 0 aliphatic rings. The first-order valence-corrected chi connectivity index (χ1v) is 24.7. The Balaban J connectivity index is 0.978. The van der Waals surface area contributed by atoms with Crippen molar-refractivity contribution < 1.29 is 9.47 Å². The van der Waals surface area contributed by atoms with Gasteiger partial charge in [-0.15, -0.1) is 0 Å². The Morgan fingerprint density at radius 3 is 0.903 bits per heavy atom. The van der Waals surface area contributed by atoms with Crippen molar-refractivity contribution in [3.8, 4) is 67.5 Å². The topological polar surface area (TPSA) is 18.5 Å². The highest BCUT2D eigenvalue weighted by Crippen LogP contribution is 2.49. The molecule has 0 aliphatic heterocycles. The van der Waals surface area contributed by atoms with Crippen LogP contribution in [0.25, 0.3) is 131 Å². The fraction of sp³-hybridized carbons (Fsp3) is 0. The van der Waals surface area contributed by atoms with Crippen molar-refractivity contribution in [3.05, 3.63) is 255 Å². The van der Waals surface area contributed by atoms with Crippen molar-refractivity contribution in [2.45, 2.75) is 0 Å². The molecule has 0 bridgehead atoms. The molecule has 0 unspecified atom stereocenters. The average molecular weight is 915 g/mol. The van der Waals surface area contributed by atoms with Gasteiger partial charge in [-0.1, -0.05) is 194 Å². The second-order valence-electron chi connectivity index (χ2n) is 19.1. The molecule has 15 rings (SSSR count). The van der Waals surface area contributed by atoms with Crippen molar-refractivity contribution in [2.24, 2.45) is 0 Å². The van der Waals surface area contributed by atoms with E-state index in [0.717, 1.165) is 77.9 Å². The lowest BCUT2D eigenvalue weighted by Gasteiger charge is -2.21. The normalized spacial score (nSPS) is 11.9. The fourth-order valence-corrected chi connectivity index (χ4v) is 11.9. The molecule has 0 amide bonds. The molecular weight excluding hydrogens is 873 g/mol. The summed E-state index contributed by atoms with van der Waals surface area (Å²) in [5.74, 6) is 3.14. The highest BCUT2D eigenvalue weighted by molar-refractivity contribution is 6.27. The Kier molecular flexibility index (Phi) is 8.99. The van der Waals surface area contributed by atoms with E-state index in [4.69, 9.17) is 9.47 Å². The van der Waals surface area contributed by atoms with Crippen LogP contribution in [0.5, 0.6) is 23.0 Å². The number of para-hydroxylation sites is 2. The van der Waals surface area contributed by atoms with Gasteiger partial charge in [-0.25, -0.2) is 0 Å². The van der Waals surface area contributed by atoms with Crippen molar-refractivity contribution in [2.75, 3.05) is 0 Å². The van der Waals surface area contributed by atoms with Gasteiger partial charge < -0.3 is 9.47 Å². The summed E-state index contributed by atoms with van der Waals surface area (Å²) in [7, 11) is 0. The summed E-state index contributed by atoms with van der Waals surface area (Å²) in [6, 6.07) is 92.1. The molecule has 72 heavy (non-hydrogen) atoms. The minimum atomic E-state index is 0.778. The van der Waals surface area contributed by atoms with Crippen LogP contribution >= 0.6 is 0 Å². The molecule has 0 radical (unpaired) electrons. The Morgan fingerprint density at radius 1 is 0.194 bits per heavy atom. The minimum Gasteiger partial charge on any atom is -0.457 e. The van der Waals surface area contributed by atoms with Crippen LogP contribution in [0.2, 0.25) is 0 Å². The summed E-state index contributed by atoms with van der Waals surface area (Å²) in [5.41, 5.74) is 9.00. The van der Waals surface area contributed by atoms with Gasteiger partial charge in [-0.2, -0.15) is 0 Å². The molecule has 0 heterocycles. The van der Waals surface area contributed by atoms with Crippen molar-refractivity contribution >= 4 is 86.2 Å². The highest BCUT2D eigenvalue weighted by atomic mass is 16.5. The van der Waals surface area contributed by atoms with Crippen molar-refractivity contribution in [1.82, 2.24) is 0 Å². The zero-order valence-electron chi connectivity index (χ0n) is 39.1. The van der Waals surface area contributed by atoms with E-state index in [-0.39, 0.29) is 0 Å². The second-order valence-corrected chi connectivity index (χ2v) is 19.1. The molecular formula is C70H42O2. The monoisotopic (exact) mass is 914 g/mol. The van der Waals surface area contributed by atoms with Gasteiger partial charge in [-0.05, 0) is 191 Å². The summed E-state index contributed by atoms with van der Waals surface area (Å²) >= 11 is 0. The first-order chi connectivity index (χ1) is 35.7. The van der Waals surface area contributed by atoms with Gasteiger partial charge in [-0.3, -0.25) is 0 Å². The van der Waals surface area contributed by atoms with Crippen LogP contribution in [0.1, 0.15) is 0 Å². The molecule has 2 nitrogen and oxygen atoms in total. The zero-order valence-corrected chi connectivity index (χ0v) is 39.1. The Bertz CT molecular complexity index is 4230. The van der Waals surface area contributed by atoms with Crippen LogP contribution in [0.15, 0.2) is 255 Å². The highest BCUT2D eigenvalue weighted by Gasteiger charge is 2.22. The number of ether oxygens (including phenoxy) is 2. The lowest BCUT2D eigenvalue weighted by atomic mass is 9.84. The van der Waals surface area contributed by atoms with E-state index in [0.29, 0.717) is 0 Å². The SMILES string of the molecule is c1ccc(Oc2cc(-c3c4ccccc4c(-c4cc(Oc5ccccc5)cc(-c5ccc6ccc7cccc8ccc5c6c78)c4)c4ccccc34)cc(-c3ccc4ccc5cccc6ccc3c4c56)c2)cc1. The van der Waals surface area contributed by atoms with Gasteiger partial charge in [0, 0.05) is 0 Å². The molecule has 0 atom stereocenters. The third-order valence-electron chi connectivity index (χ3n) is 15.0. The lowest BCUT2D eigenvalue weighted by Crippen LogP contribution is -1.94. The van der Waals surface area contributed by atoms with Crippen LogP contribution in [-0.4, -0.2) is 0 Å². The quantitative estimate of drug-likeness (QED) is 0.112. The maximum atomic E-state index is 6.82. The van der Waals surface area contributed by atoms with Gasteiger partial charge in [0.2, 0.25) is 0 Å². The number of hydrogen-bond acceptors (Lipinski definition) is 2. The molecule has 0 fully saturated rings. The second kappa shape index (κ2) is 16.0. The third kappa shape index (κ3) is 6.43. The Labute approximate surface area is 415 Å². The van der Waals surface area contributed by atoms with E-state index in [2.05, 4.69) is 194 Å². The summed E-state index contributed by atoms with van der Waals surface area (Å²) in [6.07, 6.45) is 0. The lowest BCUT2D eigenvalue weighted by molar-refractivity contribution is 0.483. The van der Waals surface area contributed by atoms with Crippen LogP contribution < -0.4 is 9.47 Å². The first-order valence-electron chi connectivity index (χ1n) is 24.7. The predicted octanol–water partition coefficient (Wildman–Crippen LogP) is 20.0. The first kappa shape index (κ1) is 40.4. The van der Waals surface area contributed by atoms with Crippen molar-refractivity contribution in [1.29, 1.82) is 0 Å². The van der Waals surface area contributed by atoms with Crippen LogP contribution in [0.3, 0.4) is 0 Å². The average Bonchev–Trinajstić information content (AvgIpc) is 3.43. The molecule has 0 saturated carbocycles. The largest absolute Gasteiger partial charge is 0.457 e. The van der Waals surface area contributed by atoms with Gasteiger partial charge in [0.05, 0.1) is 0 Å². The Hall–Kier alpha value is -9.50. The molecule has 15 aromatic carbocycles. The fourth-order valence-electron chi connectivity index (χ4n) is 11.9. The molecule has 0 N–H and O–H groups in total. The number of hydrogen-bond donors (Lipinski definition) is 0. The molecule has 2 heteroatoms. The van der Waals surface area contributed by atoms with E-state index < -0.39 is 0 Å². The summed E-state index contributed by atoms with van der Waals surface area (Å²) in [5, 5.41) is 19.8. The molecule has 15 aromatic rings. The van der Waals surface area contributed by atoms with Gasteiger partial charge in [0.25, 0.3) is 0 Å². The summed E-state index contributed by atoms with van der Waals surface area (Å²) in [4.78, 5) is 0. The zero-order chi connectivity index (χ0) is 47.3. The van der Waals surface area contributed by atoms with Gasteiger partial charge in [0.1, 0.15) is 23.0 Å². The maximum absolute atomic E-state index is 6.82. The Morgan fingerprint density at radius 2 is 0.514 bits per heavy atom. The smallest absolute Gasteiger partial charge is 0.128 e. The molecule has 0 aliphatic carbocycles. The van der Waals surface area contributed by atoms with E-state index in [1.807, 2.05) is 60.7 Å². The minimum absolute atomic E-state index is 0.778. The number of rotatable bonds is 8. The van der Waals surface area contributed by atoms with E-state index >= 15 is 0 Å². The third-order valence-corrected chi connectivity index (χ3v) is 15.0. The van der Waals surface area contributed by atoms with Crippen LogP contribution in [0.4, 0.5) is 0 Å². The summed E-state index contributed by atoms with van der Waals surface area (Å²) in [6.45, 7) is 0. The number of fused-ring (bicyclic) bond motifs is 2. The van der Waals surface area contributed by atoms with Crippen LogP contribution in [0, 0.1) is 0 Å². The molecule has 0 aromatic heterocycles. The number of benzene rings is 15. The van der Waals surface area contributed by atoms with Crippen LogP contribution in [-0.2, 0) is 0 Å². The molecule has 0 saturated heterocycles. The van der Waals surface area contributed by atoms with Gasteiger partial charge >= 0.3 is 0 Å². The summed E-state index contributed by atoms with van der Waals surface area (Å²) < 4.78 is 13.6.